The van der Waals surface area contributed by atoms with E-state index in [9.17, 15) is 14.4 Å². The van der Waals surface area contributed by atoms with E-state index < -0.39 is 6.10 Å². The van der Waals surface area contributed by atoms with Gasteiger partial charge in [0.2, 0.25) is 0 Å². The lowest BCUT2D eigenvalue weighted by Crippen LogP contribution is -2.30. The number of allylic oxidation sites excluding steroid dienone is 16. The lowest BCUT2D eigenvalue weighted by Gasteiger charge is -2.18. The Morgan fingerprint density at radius 3 is 0.775 bits per heavy atom. The molecule has 460 valence electrons. The number of hydrogen-bond acceptors (Lipinski definition) is 6. The maximum Gasteiger partial charge on any atom is 0.306 e. The maximum atomic E-state index is 12.9. The third kappa shape index (κ3) is 65.1. The number of carbonyl (C=O) groups is 3. The van der Waals surface area contributed by atoms with Gasteiger partial charge >= 0.3 is 17.9 Å². The Bertz CT molecular complexity index is 1560. The molecule has 0 aliphatic carbocycles. The van der Waals surface area contributed by atoms with Crippen molar-refractivity contribution in [3.05, 3.63) is 97.2 Å². The van der Waals surface area contributed by atoms with Crippen LogP contribution in [-0.4, -0.2) is 37.2 Å². The first-order chi connectivity index (χ1) is 39.5. The van der Waals surface area contributed by atoms with Crippen LogP contribution in [0.15, 0.2) is 97.2 Å². The molecule has 80 heavy (non-hydrogen) atoms. The fourth-order valence-electron chi connectivity index (χ4n) is 9.74. The Morgan fingerprint density at radius 1 is 0.263 bits per heavy atom. The molecule has 0 aromatic heterocycles. The minimum absolute atomic E-state index is 0.0807. The van der Waals surface area contributed by atoms with Gasteiger partial charge in [0.15, 0.2) is 6.10 Å². The molecule has 0 heterocycles. The van der Waals surface area contributed by atoms with Gasteiger partial charge in [-0.3, -0.25) is 14.4 Å². The second-order valence-electron chi connectivity index (χ2n) is 22.7. The van der Waals surface area contributed by atoms with Crippen LogP contribution < -0.4 is 0 Å². The molecule has 1 unspecified atom stereocenters. The minimum atomic E-state index is -0.786. The summed E-state index contributed by atoms with van der Waals surface area (Å²) in [6.45, 7) is 6.44. The number of hydrogen-bond donors (Lipinski definition) is 0. The number of carbonyl (C=O) groups excluding carboxylic acids is 3. The summed E-state index contributed by atoms with van der Waals surface area (Å²) in [6, 6.07) is 0. The highest BCUT2D eigenvalue weighted by atomic mass is 16.6. The quantitative estimate of drug-likeness (QED) is 0.0261. The first-order valence-electron chi connectivity index (χ1n) is 34.2. The molecule has 0 aromatic rings. The molecule has 0 spiro atoms. The average Bonchev–Trinajstić information content (AvgIpc) is 3.46. The summed E-state index contributed by atoms with van der Waals surface area (Å²) in [5.41, 5.74) is 0. The average molecular weight is 1110 g/mol. The summed E-state index contributed by atoms with van der Waals surface area (Å²) < 4.78 is 17.0. The predicted molar refractivity (Wildman–Crippen MR) is 348 cm³/mol. The van der Waals surface area contributed by atoms with Crippen LogP contribution in [0.3, 0.4) is 0 Å². The first-order valence-corrected chi connectivity index (χ1v) is 34.2. The smallest absolute Gasteiger partial charge is 0.306 e. The lowest BCUT2D eigenvalue weighted by molar-refractivity contribution is -0.167. The summed E-state index contributed by atoms with van der Waals surface area (Å²) in [7, 11) is 0. The fraction of sp³-hybridized carbons (Fsp3) is 0.743. The van der Waals surface area contributed by atoms with Crippen LogP contribution in [0, 0.1) is 0 Å². The van der Waals surface area contributed by atoms with E-state index in [1.54, 1.807) is 0 Å². The molecule has 0 fully saturated rings. The van der Waals surface area contributed by atoms with Gasteiger partial charge in [0, 0.05) is 19.3 Å². The molecular weight excluding hydrogens is 985 g/mol. The van der Waals surface area contributed by atoms with Crippen molar-refractivity contribution in [2.45, 2.75) is 341 Å². The van der Waals surface area contributed by atoms with Gasteiger partial charge in [0.05, 0.1) is 0 Å². The van der Waals surface area contributed by atoms with Gasteiger partial charge in [-0.2, -0.15) is 0 Å². The van der Waals surface area contributed by atoms with E-state index in [-0.39, 0.29) is 31.1 Å². The van der Waals surface area contributed by atoms with Gasteiger partial charge in [-0.25, -0.2) is 0 Å². The molecule has 0 saturated heterocycles. The lowest BCUT2D eigenvalue weighted by atomic mass is 10.0. The monoisotopic (exact) mass is 1110 g/mol. The third-order valence-corrected chi connectivity index (χ3v) is 14.8. The van der Waals surface area contributed by atoms with Crippen molar-refractivity contribution >= 4 is 17.9 Å². The maximum absolute atomic E-state index is 12.9. The Kier molecular flexibility index (Phi) is 64.7. The van der Waals surface area contributed by atoms with E-state index in [0.717, 1.165) is 109 Å². The fourth-order valence-corrected chi connectivity index (χ4v) is 9.74. The zero-order valence-electron chi connectivity index (χ0n) is 52.8. The first kappa shape index (κ1) is 76.3. The van der Waals surface area contributed by atoms with E-state index in [0.29, 0.717) is 19.3 Å². The van der Waals surface area contributed by atoms with Crippen molar-refractivity contribution in [3.8, 4) is 0 Å². The molecule has 0 amide bonds. The SMILES string of the molecule is CC/C=C\C/C=C\C/C=C\C/C=C\CCCCCCCCCCCCCCCCC(=O)OCC(COC(=O)CCCCCCCCC/C=C\C/C=C\C/C=C\CC)OC(=O)CCCCCCCCC/C=C\CCCCCCCCC. The summed E-state index contributed by atoms with van der Waals surface area (Å²) in [5, 5.41) is 0. The van der Waals surface area contributed by atoms with Crippen LogP contribution in [0.1, 0.15) is 335 Å². The van der Waals surface area contributed by atoms with Gasteiger partial charge < -0.3 is 14.2 Å². The molecule has 6 heteroatoms. The van der Waals surface area contributed by atoms with Crippen molar-refractivity contribution in [2.75, 3.05) is 13.2 Å². The second-order valence-corrected chi connectivity index (χ2v) is 22.7. The molecule has 6 nitrogen and oxygen atoms in total. The highest BCUT2D eigenvalue weighted by Gasteiger charge is 2.19. The van der Waals surface area contributed by atoms with Gasteiger partial charge in [-0.15, -0.1) is 0 Å². The molecule has 0 saturated carbocycles. The van der Waals surface area contributed by atoms with E-state index in [1.807, 2.05) is 0 Å². The Labute approximate surface area is 496 Å². The Morgan fingerprint density at radius 2 is 0.487 bits per heavy atom. The van der Waals surface area contributed by atoms with Gasteiger partial charge in [-0.1, -0.05) is 298 Å². The molecule has 0 aliphatic heterocycles. The molecule has 0 aromatic carbocycles. The second kappa shape index (κ2) is 67.8. The van der Waals surface area contributed by atoms with E-state index in [1.165, 1.54) is 186 Å². The summed E-state index contributed by atoms with van der Waals surface area (Å²) in [4.78, 5) is 38.4. The number of unbranched alkanes of at least 4 members (excludes halogenated alkanes) is 35. The van der Waals surface area contributed by atoms with Gasteiger partial charge in [-0.05, 0) is 116 Å². The Hall–Kier alpha value is -3.67. The van der Waals surface area contributed by atoms with Crippen LogP contribution in [0.25, 0.3) is 0 Å². The van der Waals surface area contributed by atoms with E-state index in [2.05, 4.69) is 118 Å². The number of esters is 3. The van der Waals surface area contributed by atoms with Crippen LogP contribution in [0.4, 0.5) is 0 Å². The van der Waals surface area contributed by atoms with E-state index in [4.69, 9.17) is 14.2 Å². The van der Waals surface area contributed by atoms with Crippen LogP contribution in [0.2, 0.25) is 0 Å². The molecule has 0 bridgehead atoms. The van der Waals surface area contributed by atoms with Crippen molar-refractivity contribution in [2.24, 2.45) is 0 Å². The zero-order valence-corrected chi connectivity index (χ0v) is 52.8. The van der Waals surface area contributed by atoms with Crippen molar-refractivity contribution in [1.82, 2.24) is 0 Å². The molecule has 0 aliphatic rings. The highest BCUT2D eigenvalue weighted by molar-refractivity contribution is 5.71. The summed E-state index contributed by atoms with van der Waals surface area (Å²) in [5.74, 6) is -0.881. The van der Waals surface area contributed by atoms with Crippen molar-refractivity contribution < 1.29 is 28.6 Å². The van der Waals surface area contributed by atoms with Crippen LogP contribution in [0.5, 0.6) is 0 Å². The van der Waals surface area contributed by atoms with Gasteiger partial charge in [0.25, 0.3) is 0 Å². The van der Waals surface area contributed by atoms with E-state index >= 15 is 0 Å². The number of rotatable bonds is 62. The standard InChI is InChI=1S/C74H128O6/c1-4-7-10-13-16-19-22-25-28-31-33-34-35-36-37-38-39-40-41-44-46-49-52-55-58-61-64-67-73(76)79-70-71(69-78-72(75)66-63-60-57-54-51-48-45-42-30-27-24-21-18-15-12-9-6-3)80-74(77)68-65-62-59-56-53-50-47-43-32-29-26-23-20-17-14-11-8-5-2/h7,9-10,12,16,18-19,21,25,27-30,32-34,71H,4-6,8,11,13-15,17,20,22-24,26,31,35-70H2,1-3H3/b10-7-,12-9-,19-16-,21-18-,28-25-,30-27-,32-29-,34-33-. The minimum Gasteiger partial charge on any atom is -0.462 e. The molecule has 0 radical (unpaired) electrons. The normalized spacial score (nSPS) is 12.7. The predicted octanol–water partition coefficient (Wildman–Crippen LogP) is 23.6. The molecule has 0 rings (SSSR count). The summed E-state index contributed by atoms with van der Waals surface area (Å²) >= 11 is 0. The van der Waals surface area contributed by atoms with Gasteiger partial charge in [0.1, 0.15) is 13.2 Å². The molecule has 1 atom stereocenters. The summed E-state index contributed by atoms with van der Waals surface area (Å²) in [6.07, 6.45) is 91.4. The number of ether oxygens (including phenoxy) is 3. The topological polar surface area (TPSA) is 78.9 Å². The third-order valence-electron chi connectivity index (χ3n) is 14.8. The highest BCUT2D eigenvalue weighted by Crippen LogP contribution is 2.17. The Balaban J connectivity index is 4.32. The molecule has 0 N–H and O–H groups in total. The van der Waals surface area contributed by atoms with Crippen LogP contribution >= 0.6 is 0 Å². The van der Waals surface area contributed by atoms with Crippen LogP contribution in [-0.2, 0) is 28.6 Å². The van der Waals surface area contributed by atoms with Crippen molar-refractivity contribution in [1.29, 1.82) is 0 Å². The van der Waals surface area contributed by atoms with Crippen molar-refractivity contribution in [3.63, 3.8) is 0 Å². The largest absolute Gasteiger partial charge is 0.462 e. The molecular formula is C74H128O6. The zero-order chi connectivity index (χ0) is 57.8.